The number of nitrogens with one attached hydrogen (secondary N) is 1. The van der Waals surface area contributed by atoms with Gasteiger partial charge < -0.3 is 14.5 Å². The molecule has 154 valence electrons. The number of furan rings is 1. The average molecular weight is 430 g/mol. The molecular weight excluding hydrogens is 410 g/mol. The fourth-order valence-electron chi connectivity index (χ4n) is 3.25. The van der Waals surface area contributed by atoms with Crippen LogP contribution in [0.3, 0.4) is 0 Å². The Morgan fingerprint density at radius 2 is 1.90 bits per heavy atom. The Morgan fingerprint density at radius 1 is 1.16 bits per heavy atom. The maximum atomic E-state index is 12.9. The number of nitriles is 1. The highest BCUT2D eigenvalue weighted by Crippen LogP contribution is 2.26. The van der Waals surface area contributed by atoms with Crippen molar-refractivity contribution >= 4 is 29.3 Å². The Hall–Kier alpha value is -3.89. The molecule has 1 atom stereocenters. The van der Waals surface area contributed by atoms with Crippen molar-refractivity contribution in [3.05, 3.63) is 95.1 Å². The van der Waals surface area contributed by atoms with Crippen molar-refractivity contribution in [2.45, 2.75) is 19.6 Å². The summed E-state index contributed by atoms with van der Waals surface area (Å²) in [7, 11) is 0. The van der Waals surface area contributed by atoms with Gasteiger partial charge in [-0.3, -0.25) is 9.69 Å². The minimum atomic E-state index is -0.201. The average Bonchev–Trinajstić information content (AvgIpc) is 3.36. The van der Waals surface area contributed by atoms with E-state index in [0.717, 1.165) is 5.56 Å². The van der Waals surface area contributed by atoms with E-state index < -0.39 is 0 Å². The van der Waals surface area contributed by atoms with Crippen LogP contribution in [-0.4, -0.2) is 15.9 Å². The predicted octanol–water partition coefficient (Wildman–Crippen LogP) is 4.55. The van der Waals surface area contributed by atoms with E-state index in [9.17, 15) is 4.79 Å². The predicted molar refractivity (Wildman–Crippen MR) is 120 cm³/mol. The van der Waals surface area contributed by atoms with Gasteiger partial charge in [0.15, 0.2) is 5.11 Å². The highest BCUT2D eigenvalue weighted by atomic mass is 32.1. The zero-order valence-electron chi connectivity index (χ0n) is 16.7. The molecule has 31 heavy (non-hydrogen) atoms. The van der Waals surface area contributed by atoms with Gasteiger partial charge in [-0.15, -0.1) is 0 Å². The summed E-state index contributed by atoms with van der Waals surface area (Å²) in [6.07, 6.45) is 1.64. The Kier molecular flexibility index (Phi) is 5.83. The van der Waals surface area contributed by atoms with E-state index in [0.29, 0.717) is 33.6 Å². The molecule has 2 heterocycles. The van der Waals surface area contributed by atoms with Gasteiger partial charge in [-0.2, -0.15) is 5.26 Å². The standard InChI is InChI=1S/C24H19N3O3S/c1-16(18-5-3-2-4-6-18)27-23(28)22(26-24(27)31)13-20-11-12-21(30-20)15-29-19-9-7-17(14-25)8-10-19/h2-13,16H,15H2,1H3,(H,26,31)/b22-13-. The van der Waals surface area contributed by atoms with Crippen LogP contribution in [0.15, 0.2) is 76.8 Å². The summed E-state index contributed by atoms with van der Waals surface area (Å²) in [5.41, 5.74) is 1.93. The lowest BCUT2D eigenvalue weighted by molar-refractivity contribution is -0.123. The third-order valence-corrected chi connectivity index (χ3v) is 5.21. The monoisotopic (exact) mass is 429 g/mol. The van der Waals surface area contributed by atoms with Gasteiger partial charge in [0, 0.05) is 6.08 Å². The van der Waals surface area contributed by atoms with Crippen molar-refractivity contribution in [1.82, 2.24) is 10.2 Å². The van der Waals surface area contributed by atoms with Gasteiger partial charge >= 0.3 is 0 Å². The molecule has 7 heteroatoms. The molecule has 1 saturated heterocycles. The molecule has 1 aliphatic heterocycles. The fraction of sp³-hybridized carbons (Fsp3) is 0.125. The number of carbonyl (C=O) groups excluding carboxylic acids is 1. The van der Waals surface area contributed by atoms with Crippen molar-refractivity contribution in [3.63, 3.8) is 0 Å². The van der Waals surface area contributed by atoms with Crippen LogP contribution in [0.5, 0.6) is 5.75 Å². The number of carbonyl (C=O) groups is 1. The van der Waals surface area contributed by atoms with Gasteiger partial charge in [0.25, 0.3) is 5.91 Å². The molecule has 1 unspecified atom stereocenters. The molecule has 1 aromatic heterocycles. The first-order valence-electron chi connectivity index (χ1n) is 9.68. The van der Waals surface area contributed by atoms with E-state index in [-0.39, 0.29) is 18.6 Å². The van der Waals surface area contributed by atoms with Crippen LogP contribution in [0, 0.1) is 11.3 Å². The first-order valence-corrected chi connectivity index (χ1v) is 10.1. The van der Waals surface area contributed by atoms with Crippen LogP contribution in [0.25, 0.3) is 6.08 Å². The summed E-state index contributed by atoms with van der Waals surface area (Å²) < 4.78 is 11.4. The van der Waals surface area contributed by atoms with Gasteiger partial charge in [0.1, 0.15) is 29.6 Å². The number of hydrogen-bond donors (Lipinski definition) is 1. The third kappa shape index (κ3) is 4.49. The lowest BCUT2D eigenvalue weighted by atomic mass is 10.1. The van der Waals surface area contributed by atoms with Crippen molar-refractivity contribution < 1.29 is 13.9 Å². The highest BCUT2D eigenvalue weighted by Gasteiger charge is 2.35. The molecule has 4 rings (SSSR count). The van der Waals surface area contributed by atoms with E-state index >= 15 is 0 Å². The molecule has 1 aliphatic rings. The number of hydrogen-bond acceptors (Lipinski definition) is 5. The molecular formula is C24H19N3O3S. The molecule has 2 aromatic carbocycles. The van der Waals surface area contributed by atoms with Gasteiger partial charge in [-0.25, -0.2) is 0 Å². The van der Waals surface area contributed by atoms with E-state index in [1.165, 1.54) is 0 Å². The van der Waals surface area contributed by atoms with Gasteiger partial charge in [-0.1, -0.05) is 30.3 Å². The number of rotatable bonds is 6. The van der Waals surface area contributed by atoms with E-state index in [4.69, 9.17) is 26.6 Å². The lowest BCUT2D eigenvalue weighted by Gasteiger charge is -2.23. The Morgan fingerprint density at radius 3 is 2.61 bits per heavy atom. The van der Waals surface area contributed by atoms with Crippen LogP contribution < -0.4 is 10.1 Å². The summed E-state index contributed by atoms with van der Waals surface area (Å²) >= 11 is 5.39. The summed E-state index contributed by atoms with van der Waals surface area (Å²) in [5, 5.41) is 12.2. The Bertz CT molecular complexity index is 1180. The van der Waals surface area contributed by atoms with E-state index in [2.05, 4.69) is 11.4 Å². The van der Waals surface area contributed by atoms with E-state index in [1.807, 2.05) is 37.3 Å². The van der Waals surface area contributed by atoms with Crippen LogP contribution in [0.2, 0.25) is 0 Å². The van der Waals surface area contributed by atoms with Gasteiger partial charge in [0.05, 0.1) is 17.7 Å². The molecule has 0 radical (unpaired) electrons. The largest absolute Gasteiger partial charge is 0.486 e. The van der Waals surface area contributed by atoms with Gasteiger partial charge in [-0.05, 0) is 61.1 Å². The molecule has 0 saturated carbocycles. The molecule has 1 amide bonds. The minimum Gasteiger partial charge on any atom is -0.486 e. The smallest absolute Gasteiger partial charge is 0.277 e. The zero-order chi connectivity index (χ0) is 21.8. The second kappa shape index (κ2) is 8.86. The van der Waals surface area contributed by atoms with Crippen LogP contribution in [-0.2, 0) is 11.4 Å². The number of amides is 1. The van der Waals surface area contributed by atoms with Crippen molar-refractivity contribution in [3.8, 4) is 11.8 Å². The van der Waals surface area contributed by atoms with Crippen molar-refractivity contribution in [1.29, 1.82) is 5.26 Å². The molecule has 1 N–H and O–H groups in total. The second-order valence-electron chi connectivity index (χ2n) is 6.98. The summed E-state index contributed by atoms with van der Waals surface area (Å²) in [5.74, 6) is 1.57. The second-order valence-corrected chi connectivity index (χ2v) is 7.37. The summed E-state index contributed by atoms with van der Waals surface area (Å²) in [6, 6.07) is 22.0. The van der Waals surface area contributed by atoms with Crippen LogP contribution >= 0.6 is 12.2 Å². The Balaban J connectivity index is 1.43. The van der Waals surface area contributed by atoms with Crippen molar-refractivity contribution in [2.75, 3.05) is 0 Å². The number of nitrogens with zero attached hydrogens (tertiary/aromatic N) is 2. The number of benzene rings is 2. The lowest BCUT2D eigenvalue weighted by Crippen LogP contribution is -2.33. The van der Waals surface area contributed by atoms with E-state index in [1.54, 1.807) is 47.4 Å². The summed E-state index contributed by atoms with van der Waals surface area (Å²) in [4.78, 5) is 14.5. The highest BCUT2D eigenvalue weighted by molar-refractivity contribution is 7.80. The third-order valence-electron chi connectivity index (χ3n) is 4.91. The number of ether oxygens (including phenoxy) is 1. The molecule has 1 fully saturated rings. The Labute approximate surface area is 185 Å². The van der Waals surface area contributed by atoms with Crippen LogP contribution in [0.4, 0.5) is 0 Å². The van der Waals surface area contributed by atoms with Crippen LogP contribution in [0.1, 0.15) is 35.6 Å². The number of thiocarbonyl (C=S) groups is 1. The summed E-state index contributed by atoms with van der Waals surface area (Å²) in [6.45, 7) is 2.17. The fourth-order valence-corrected chi connectivity index (χ4v) is 3.60. The quantitative estimate of drug-likeness (QED) is 0.458. The first-order chi connectivity index (χ1) is 15.0. The maximum absolute atomic E-state index is 12.9. The molecule has 0 spiro atoms. The molecule has 0 bridgehead atoms. The minimum absolute atomic E-state index is 0.187. The van der Waals surface area contributed by atoms with Gasteiger partial charge in [0.2, 0.25) is 0 Å². The normalized spacial score (nSPS) is 15.6. The molecule has 3 aromatic rings. The maximum Gasteiger partial charge on any atom is 0.277 e. The zero-order valence-corrected chi connectivity index (χ0v) is 17.6. The molecule has 0 aliphatic carbocycles. The van der Waals surface area contributed by atoms with Crippen molar-refractivity contribution in [2.24, 2.45) is 0 Å². The molecule has 6 nitrogen and oxygen atoms in total. The SMILES string of the molecule is CC(c1ccccc1)N1C(=O)/C(=C/c2ccc(COc3ccc(C#N)cc3)o2)NC1=S. The topological polar surface area (TPSA) is 78.5 Å². The first kappa shape index (κ1) is 20.4.